The van der Waals surface area contributed by atoms with Crippen LogP contribution in [0.15, 0.2) is 10.9 Å². The van der Waals surface area contributed by atoms with E-state index in [9.17, 15) is 4.79 Å². The average Bonchev–Trinajstić information content (AvgIpc) is 2.83. The number of amides is 1. The predicted molar refractivity (Wildman–Crippen MR) is 56.7 cm³/mol. The number of nitrogens with zero attached hydrogens (tertiary/aromatic N) is 2. The molecule has 0 aromatic carbocycles. The van der Waals surface area contributed by atoms with Crippen molar-refractivity contribution in [2.24, 2.45) is 0 Å². The molecule has 1 saturated heterocycles. The Bertz CT molecular complexity index is 320. The summed E-state index contributed by atoms with van der Waals surface area (Å²) in [5.41, 5.74) is 0. The normalized spacial score (nSPS) is 20.6. The molecule has 0 radical (unpaired) electrons. The average molecular weight is 224 g/mol. The Balaban J connectivity index is 1.67. The Labute approximate surface area is 93.8 Å². The number of rotatable bonds is 4. The summed E-state index contributed by atoms with van der Waals surface area (Å²) in [4.78, 5) is 15.6. The van der Waals surface area contributed by atoms with Crippen molar-refractivity contribution in [1.29, 1.82) is 0 Å². The zero-order valence-electron chi connectivity index (χ0n) is 9.11. The van der Waals surface area contributed by atoms with Gasteiger partial charge in [0.05, 0.1) is 6.04 Å². The largest absolute Gasteiger partial charge is 0.354 e. The number of piperidine rings is 1. The highest BCUT2D eigenvalue weighted by molar-refractivity contribution is 5.81. The quantitative estimate of drug-likeness (QED) is 0.744. The summed E-state index contributed by atoms with van der Waals surface area (Å²) in [7, 11) is 0. The summed E-state index contributed by atoms with van der Waals surface area (Å²) in [6, 6.07) is -0.0287. The van der Waals surface area contributed by atoms with Gasteiger partial charge in [0.25, 0.3) is 0 Å². The van der Waals surface area contributed by atoms with Crippen LogP contribution in [-0.4, -0.2) is 35.2 Å². The predicted octanol–water partition coefficient (Wildman–Crippen LogP) is -0.130. The SMILES string of the molecule is O=C(NCCc1ncon1)[C@@H]1CCCCN1. The van der Waals surface area contributed by atoms with Gasteiger partial charge in [-0.05, 0) is 19.4 Å². The van der Waals surface area contributed by atoms with Crippen molar-refractivity contribution in [3.8, 4) is 0 Å². The fraction of sp³-hybridized carbons (Fsp3) is 0.700. The lowest BCUT2D eigenvalue weighted by molar-refractivity contribution is -0.123. The monoisotopic (exact) mass is 224 g/mol. The van der Waals surface area contributed by atoms with Crippen molar-refractivity contribution in [2.45, 2.75) is 31.7 Å². The van der Waals surface area contributed by atoms with Crippen molar-refractivity contribution in [3.05, 3.63) is 12.2 Å². The Hall–Kier alpha value is -1.43. The minimum Gasteiger partial charge on any atom is -0.354 e. The van der Waals surface area contributed by atoms with Gasteiger partial charge in [-0.25, -0.2) is 0 Å². The van der Waals surface area contributed by atoms with Crippen molar-refractivity contribution in [3.63, 3.8) is 0 Å². The molecule has 1 amide bonds. The van der Waals surface area contributed by atoms with Gasteiger partial charge >= 0.3 is 0 Å². The van der Waals surface area contributed by atoms with E-state index in [0.29, 0.717) is 18.8 Å². The smallest absolute Gasteiger partial charge is 0.237 e. The van der Waals surface area contributed by atoms with Crippen LogP contribution in [0.1, 0.15) is 25.1 Å². The summed E-state index contributed by atoms with van der Waals surface area (Å²) in [5, 5.41) is 9.74. The standard InChI is InChI=1S/C10H16N4O2/c15-10(8-3-1-2-5-11-8)12-6-4-9-13-7-16-14-9/h7-8,11H,1-6H2,(H,12,15)/t8-/m0/s1. The molecule has 16 heavy (non-hydrogen) atoms. The van der Waals surface area contributed by atoms with E-state index in [0.717, 1.165) is 25.8 Å². The first-order chi connectivity index (χ1) is 7.86. The van der Waals surface area contributed by atoms with Crippen LogP contribution in [0.4, 0.5) is 0 Å². The van der Waals surface area contributed by atoms with Crippen molar-refractivity contribution < 1.29 is 9.32 Å². The third-order valence-electron chi connectivity index (χ3n) is 2.68. The van der Waals surface area contributed by atoms with E-state index in [1.807, 2.05) is 0 Å². The molecule has 1 aromatic rings. The lowest BCUT2D eigenvalue weighted by atomic mass is 10.0. The van der Waals surface area contributed by atoms with Crippen LogP contribution in [0, 0.1) is 0 Å². The summed E-state index contributed by atoms with van der Waals surface area (Å²) in [6.45, 7) is 1.49. The molecule has 0 bridgehead atoms. The molecular formula is C10H16N4O2. The van der Waals surface area contributed by atoms with Crippen LogP contribution in [0.5, 0.6) is 0 Å². The summed E-state index contributed by atoms with van der Waals surface area (Å²) < 4.78 is 4.60. The van der Waals surface area contributed by atoms with E-state index in [2.05, 4.69) is 25.3 Å². The van der Waals surface area contributed by atoms with Gasteiger partial charge in [0, 0.05) is 13.0 Å². The first-order valence-electron chi connectivity index (χ1n) is 5.62. The molecule has 1 aliphatic heterocycles. The number of carbonyl (C=O) groups is 1. The van der Waals surface area contributed by atoms with Crippen molar-refractivity contribution in [2.75, 3.05) is 13.1 Å². The first kappa shape index (κ1) is 11.1. The van der Waals surface area contributed by atoms with E-state index < -0.39 is 0 Å². The lowest BCUT2D eigenvalue weighted by Crippen LogP contribution is -2.47. The Morgan fingerprint density at radius 2 is 2.56 bits per heavy atom. The van der Waals surface area contributed by atoms with E-state index >= 15 is 0 Å². The lowest BCUT2D eigenvalue weighted by Gasteiger charge is -2.22. The van der Waals surface area contributed by atoms with E-state index in [4.69, 9.17) is 0 Å². The molecule has 6 heteroatoms. The highest BCUT2D eigenvalue weighted by atomic mass is 16.5. The first-order valence-corrected chi connectivity index (χ1v) is 5.62. The number of nitrogens with one attached hydrogen (secondary N) is 2. The maximum Gasteiger partial charge on any atom is 0.237 e. The zero-order valence-corrected chi connectivity index (χ0v) is 9.11. The zero-order chi connectivity index (χ0) is 11.2. The molecule has 0 saturated carbocycles. The topological polar surface area (TPSA) is 80.1 Å². The van der Waals surface area contributed by atoms with Crippen LogP contribution >= 0.6 is 0 Å². The van der Waals surface area contributed by atoms with Gasteiger partial charge in [-0.2, -0.15) is 4.98 Å². The van der Waals surface area contributed by atoms with Gasteiger partial charge in [-0.1, -0.05) is 11.6 Å². The second-order valence-electron chi connectivity index (χ2n) is 3.89. The molecule has 1 atom stereocenters. The van der Waals surface area contributed by atoms with Crippen LogP contribution in [-0.2, 0) is 11.2 Å². The maximum absolute atomic E-state index is 11.7. The van der Waals surface area contributed by atoms with E-state index in [-0.39, 0.29) is 11.9 Å². The van der Waals surface area contributed by atoms with Crippen molar-refractivity contribution >= 4 is 5.91 Å². The molecule has 88 valence electrons. The summed E-state index contributed by atoms with van der Waals surface area (Å²) in [5.74, 6) is 0.695. The van der Waals surface area contributed by atoms with E-state index in [1.54, 1.807) is 0 Å². The molecule has 1 fully saturated rings. The van der Waals surface area contributed by atoms with Gasteiger partial charge in [0.15, 0.2) is 5.82 Å². The second kappa shape index (κ2) is 5.60. The molecule has 1 aromatic heterocycles. The number of aromatic nitrogens is 2. The maximum atomic E-state index is 11.7. The van der Waals surface area contributed by atoms with Crippen LogP contribution in [0.3, 0.4) is 0 Å². The summed E-state index contributed by atoms with van der Waals surface area (Å²) >= 11 is 0. The number of hydrogen-bond acceptors (Lipinski definition) is 5. The van der Waals surface area contributed by atoms with Crippen LogP contribution < -0.4 is 10.6 Å². The minimum absolute atomic E-state index is 0.0287. The van der Waals surface area contributed by atoms with Gasteiger partial charge in [0.1, 0.15) is 0 Å². The van der Waals surface area contributed by atoms with Gasteiger partial charge in [-0.3, -0.25) is 4.79 Å². The third-order valence-corrected chi connectivity index (χ3v) is 2.68. The number of carbonyl (C=O) groups excluding carboxylic acids is 1. The summed E-state index contributed by atoms with van der Waals surface area (Å²) in [6.07, 6.45) is 5.10. The fourth-order valence-corrected chi connectivity index (χ4v) is 1.80. The second-order valence-corrected chi connectivity index (χ2v) is 3.89. The third kappa shape index (κ3) is 3.03. The molecule has 0 unspecified atom stereocenters. The minimum atomic E-state index is -0.0287. The molecule has 6 nitrogen and oxygen atoms in total. The Morgan fingerprint density at radius 1 is 1.62 bits per heavy atom. The molecule has 2 rings (SSSR count). The van der Waals surface area contributed by atoms with Gasteiger partial charge in [-0.15, -0.1) is 0 Å². The molecule has 0 spiro atoms. The highest BCUT2D eigenvalue weighted by Gasteiger charge is 2.19. The molecule has 0 aliphatic carbocycles. The Morgan fingerprint density at radius 3 is 3.25 bits per heavy atom. The van der Waals surface area contributed by atoms with Gasteiger partial charge in [0.2, 0.25) is 12.3 Å². The van der Waals surface area contributed by atoms with Crippen LogP contribution in [0.25, 0.3) is 0 Å². The molecular weight excluding hydrogens is 208 g/mol. The Kier molecular flexibility index (Phi) is 3.87. The molecule has 1 aliphatic rings. The highest BCUT2D eigenvalue weighted by Crippen LogP contribution is 2.06. The van der Waals surface area contributed by atoms with Crippen molar-refractivity contribution in [1.82, 2.24) is 20.8 Å². The molecule has 2 N–H and O–H groups in total. The van der Waals surface area contributed by atoms with Gasteiger partial charge < -0.3 is 15.2 Å². The molecule has 2 heterocycles. The van der Waals surface area contributed by atoms with E-state index in [1.165, 1.54) is 6.39 Å². The number of hydrogen-bond donors (Lipinski definition) is 2. The van der Waals surface area contributed by atoms with Crippen LogP contribution in [0.2, 0.25) is 0 Å². The fourth-order valence-electron chi connectivity index (χ4n) is 1.80.